The van der Waals surface area contributed by atoms with Crippen molar-refractivity contribution in [3.63, 3.8) is 0 Å². The van der Waals surface area contributed by atoms with Gasteiger partial charge >= 0.3 is 35.5 Å². The number of carbonyl (C=O) groups is 2. The van der Waals surface area contributed by atoms with Gasteiger partial charge in [0.15, 0.2) is 0 Å². The standard InChI is InChI=1S/C16H31NO4.Na/c1-2-3-4-5-6-7-8-9-10-11-12-21-16(20)14(17)13-15(18)19;/h14H,2-13,17H2,1H3,(H,18,19);/q;+1/p-1/t14-;/m0./s1. The van der Waals surface area contributed by atoms with Crippen LogP contribution in [0.4, 0.5) is 0 Å². The summed E-state index contributed by atoms with van der Waals surface area (Å²) in [6, 6.07) is -1.11. The number of hydrogen-bond acceptors (Lipinski definition) is 5. The summed E-state index contributed by atoms with van der Waals surface area (Å²) in [5.41, 5.74) is 5.35. The fraction of sp³-hybridized carbons (Fsp3) is 0.875. The molecule has 0 heterocycles. The van der Waals surface area contributed by atoms with Crippen molar-refractivity contribution < 1.29 is 49.0 Å². The minimum Gasteiger partial charge on any atom is -0.550 e. The molecule has 0 saturated heterocycles. The Bertz CT molecular complexity index is 287. The van der Waals surface area contributed by atoms with E-state index in [9.17, 15) is 14.7 Å². The summed E-state index contributed by atoms with van der Waals surface area (Å²) >= 11 is 0. The van der Waals surface area contributed by atoms with Crippen LogP contribution in [0.2, 0.25) is 0 Å². The van der Waals surface area contributed by atoms with Crippen molar-refractivity contribution in [2.75, 3.05) is 6.61 Å². The van der Waals surface area contributed by atoms with E-state index in [1.165, 1.54) is 44.9 Å². The van der Waals surface area contributed by atoms with Gasteiger partial charge in [0.25, 0.3) is 0 Å². The molecule has 6 heteroatoms. The topological polar surface area (TPSA) is 92.5 Å². The first-order valence-corrected chi connectivity index (χ1v) is 8.20. The summed E-state index contributed by atoms with van der Waals surface area (Å²) in [6.45, 7) is 2.54. The molecule has 22 heavy (non-hydrogen) atoms. The van der Waals surface area contributed by atoms with Gasteiger partial charge in [0, 0.05) is 12.4 Å². The summed E-state index contributed by atoms with van der Waals surface area (Å²) in [5, 5.41) is 10.3. The van der Waals surface area contributed by atoms with Gasteiger partial charge in [0.1, 0.15) is 6.04 Å². The molecule has 0 bridgehead atoms. The molecule has 0 spiro atoms. The second-order valence-electron chi connectivity index (χ2n) is 5.53. The Kier molecular flexibility index (Phi) is 18.9. The SMILES string of the molecule is CCCCCCCCCCCCOC(=O)[C@@H](N)CC(=O)[O-].[Na+]. The maximum Gasteiger partial charge on any atom is 1.00 e. The Morgan fingerprint density at radius 2 is 1.41 bits per heavy atom. The molecule has 124 valence electrons. The van der Waals surface area contributed by atoms with Gasteiger partial charge in [-0.15, -0.1) is 0 Å². The van der Waals surface area contributed by atoms with Crippen molar-refractivity contribution in [3.05, 3.63) is 0 Å². The number of carboxylic acids is 1. The third kappa shape index (κ3) is 16.3. The molecule has 0 amide bonds. The molecule has 0 saturated carbocycles. The molecule has 0 fully saturated rings. The quantitative estimate of drug-likeness (QED) is 0.249. The van der Waals surface area contributed by atoms with E-state index in [0.29, 0.717) is 6.61 Å². The number of hydrogen-bond donors (Lipinski definition) is 1. The normalized spacial score (nSPS) is 11.5. The zero-order valence-electron chi connectivity index (χ0n) is 14.3. The minimum absolute atomic E-state index is 0. The van der Waals surface area contributed by atoms with Crippen molar-refractivity contribution in [1.82, 2.24) is 0 Å². The van der Waals surface area contributed by atoms with Gasteiger partial charge in [-0.25, -0.2) is 0 Å². The first-order valence-electron chi connectivity index (χ1n) is 8.20. The summed E-state index contributed by atoms with van der Waals surface area (Å²) in [4.78, 5) is 21.6. The van der Waals surface area contributed by atoms with Crippen LogP contribution in [0.25, 0.3) is 0 Å². The molecule has 0 radical (unpaired) electrons. The van der Waals surface area contributed by atoms with E-state index in [2.05, 4.69) is 6.92 Å². The van der Waals surface area contributed by atoms with Gasteiger partial charge < -0.3 is 20.4 Å². The van der Waals surface area contributed by atoms with Crippen molar-refractivity contribution >= 4 is 11.9 Å². The van der Waals surface area contributed by atoms with Gasteiger partial charge in [-0.05, 0) is 6.42 Å². The molecule has 5 nitrogen and oxygen atoms in total. The predicted octanol–water partition coefficient (Wildman–Crippen LogP) is -1.08. The number of carbonyl (C=O) groups excluding carboxylic acids is 2. The zero-order valence-corrected chi connectivity index (χ0v) is 16.3. The van der Waals surface area contributed by atoms with Crippen molar-refractivity contribution in [3.8, 4) is 0 Å². The van der Waals surface area contributed by atoms with Crippen LogP contribution in [0, 0.1) is 0 Å². The molecule has 0 aromatic carbocycles. The number of carboxylic acid groups (broad SMARTS) is 1. The third-order valence-electron chi connectivity index (χ3n) is 3.43. The summed E-state index contributed by atoms with van der Waals surface area (Å²) in [5.74, 6) is -1.99. The largest absolute Gasteiger partial charge is 1.00 e. The Balaban J connectivity index is 0. The Morgan fingerprint density at radius 3 is 1.86 bits per heavy atom. The van der Waals surface area contributed by atoms with Crippen LogP contribution in [0.15, 0.2) is 0 Å². The first kappa shape index (κ1) is 24.2. The van der Waals surface area contributed by atoms with Crippen molar-refractivity contribution in [1.29, 1.82) is 0 Å². The second-order valence-corrected chi connectivity index (χ2v) is 5.53. The molecule has 0 rings (SSSR count). The Morgan fingerprint density at radius 1 is 0.955 bits per heavy atom. The average Bonchev–Trinajstić information content (AvgIpc) is 2.43. The average molecular weight is 323 g/mol. The van der Waals surface area contributed by atoms with Crippen LogP contribution in [0.3, 0.4) is 0 Å². The van der Waals surface area contributed by atoms with Gasteiger partial charge in [0.05, 0.1) is 6.61 Å². The van der Waals surface area contributed by atoms with Crippen molar-refractivity contribution in [2.45, 2.75) is 83.6 Å². The van der Waals surface area contributed by atoms with E-state index >= 15 is 0 Å². The fourth-order valence-corrected chi connectivity index (χ4v) is 2.13. The molecule has 0 aliphatic carbocycles. The number of unbranched alkanes of at least 4 members (excludes halogenated alkanes) is 9. The summed E-state index contributed by atoms with van der Waals surface area (Å²) in [7, 11) is 0. The molecule has 0 aromatic heterocycles. The maximum absolute atomic E-state index is 11.3. The van der Waals surface area contributed by atoms with Gasteiger partial charge in [0.2, 0.25) is 0 Å². The zero-order chi connectivity index (χ0) is 15.9. The minimum atomic E-state index is -1.33. The van der Waals surface area contributed by atoms with E-state index in [1.54, 1.807) is 0 Å². The predicted molar refractivity (Wildman–Crippen MR) is 80.4 cm³/mol. The van der Waals surface area contributed by atoms with E-state index in [4.69, 9.17) is 10.5 Å². The Hall–Kier alpha value is -0.100. The van der Waals surface area contributed by atoms with Gasteiger partial charge in [-0.1, -0.05) is 64.7 Å². The molecule has 1 atom stereocenters. The molecular formula is C16H30NNaO4. The molecule has 0 aliphatic heterocycles. The van der Waals surface area contributed by atoms with Crippen LogP contribution in [0.1, 0.15) is 77.6 Å². The number of aliphatic carboxylic acids is 1. The fourth-order valence-electron chi connectivity index (χ4n) is 2.13. The number of nitrogens with two attached hydrogens (primary N) is 1. The van der Waals surface area contributed by atoms with Crippen LogP contribution in [0.5, 0.6) is 0 Å². The monoisotopic (exact) mass is 323 g/mol. The van der Waals surface area contributed by atoms with E-state index in [1.807, 2.05) is 0 Å². The second kappa shape index (κ2) is 17.3. The van der Waals surface area contributed by atoms with Gasteiger partial charge in [-0.3, -0.25) is 4.79 Å². The number of esters is 1. The molecule has 0 aromatic rings. The molecular weight excluding hydrogens is 293 g/mol. The van der Waals surface area contributed by atoms with Crippen LogP contribution in [-0.4, -0.2) is 24.6 Å². The van der Waals surface area contributed by atoms with Crippen LogP contribution in [-0.2, 0) is 14.3 Å². The molecule has 2 N–H and O–H groups in total. The number of rotatable bonds is 14. The first-order chi connectivity index (χ1) is 10.1. The third-order valence-corrected chi connectivity index (χ3v) is 3.43. The summed E-state index contributed by atoms with van der Waals surface area (Å²) < 4.78 is 4.92. The van der Waals surface area contributed by atoms with E-state index in [-0.39, 0.29) is 29.6 Å². The molecule has 0 aliphatic rings. The van der Waals surface area contributed by atoms with E-state index in [0.717, 1.165) is 19.3 Å². The smallest absolute Gasteiger partial charge is 0.550 e. The van der Waals surface area contributed by atoms with Crippen LogP contribution < -0.4 is 40.4 Å². The maximum atomic E-state index is 11.3. The number of ether oxygens (including phenoxy) is 1. The molecule has 0 unspecified atom stereocenters. The van der Waals surface area contributed by atoms with Crippen molar-refractivity contribution in [2.24, 2.45) is 5.73 Å². The summed E-state index contributed by atoms with van der Waals surface area (Å²) in [6.07, 6.45) is 11.6. The van der Waals surface area contributed by atoms with Gasteiger partial charge in [-0.2, -0.15) is 0 Å². The van der Waals surface area contributed by atoms with Crippen LogP contribution >= 0.6 is 0 Å². The van der Waals surface area contributed by atoms with E-state index < -0.39 is 24.4 Å². The Labute approximate surface area is 156 Å².